The molecule has 0 saturated carbocycles. The van der Waals surface area contributed by atoms with Gasteiger partial charge in [-0.3, -0.25) is 0 Å². The lowest BCUT2D eigenvalue weighted by Crippen LogP contribution is -2.25. The van der Waals surface area contributed by atoms with Crippen LogP contribution in [-0.2, 0) is 12.8 Å². The van der Waals surface area contributed by atoms with Crippen molar-refractivity contribution in [2.45, 2.75) is 25.1 Å². The average molecular weight is 451 g/mol. The number of alkyl halides is 3. The summed E-state index contributed by atoms with van der Waals surface area (Å²) < 4.78 is 38.0. The number of rotatable bonds is 6. The van der Waals surface area contributed by atoms with E-state index in [2.05, 4.69) is 30.9 Å². The van der Waals surface area contributed by atoms with E-state index in [0.29, 0.717) is 5.02 Å². The number of phenolic OH excluding ortho intramolecular Hbond substituents is 1. The minimum absolute atomic E-state index is 0.0114. The second-order valence-corrected chi connectivity index (χ2v) is 7.52. The van der Waals surface area contributed by atoms with Crippen LogP contribution in [0.15, 0.2) is 42.5 Å². The van der Waals surface area contributed by atoms with E-state index in [1.807, 2.05) is 24.3 Å². The molecule has 11 heteroatoms. The van der Waals surface area contributed by atoms with Crippen molar-refractivity contribution < 1.29 is 18.3 Å². The van der Waals surface area contributed by atoms with E-state index in [1.165, 1.54) is 29.3 Å². The topological polar surface area (TPSA) is 95.0 Å². The summed E-state index contributed by atoms with van der Waals surface area (Å²) in [5.74, 6) is -0.304. The number of halogens is 4. The zero-order valence-electron chi connectivity index (χ0n) is 16.0. The Labute approximate surface area is 180 Å². The zero-order chi connectivity index (χ0) is 22.0. The minimum atomic E-state index is -4.44. The largest absolute Gasteiger partial charge is 0.506 e. The quantitative estimate of drug-likeness (QED) is 0.410. The molecule has 162 valence electrons. The summed E-state index contributed by atoms with van der Waals surface area (Å²) in [6.45, 7) is -1.30. The molecule has 0 fully saturated rings. The van der Waals surface area contributed by atoms with Gasteiger partial charge in [0.25, 0.3) is 0 Å². The van der Waals surface area contributed by atoms with Crippen LogP contribution in [0.2, 0.25) is 5.02 Å². The molecule has 0 atom stereocenters. The third kappa shape index (κ3) is 5.46. The van der Waals surface area contributed by atoms with Crippen molar-refractivity contribution in [2.75, 3.05) is 22.5 Å². The fourth-order valence-electron chi connectivity index (χ4n) is 3.33. The van der Waals surface area contributed by atoms with Crippen molar-refractivity contribution in [1.29, 1.82) is 0 Å². The van der Waals surface area contributed by atoms with Crippen LogP contribution in [0.1, 0.15) is 11.1 Å². The van der Waals surface area contributed by atoms with Crippen molar-refractivity contribution in [3.63, 3.8) is 0 Å². The van der Waals surface area contributed by atoms with Crippen LogP contribution in [0.25, 0.3) is 0 Å². The Kier molecular flexibility index (Phi) is 5.73. The predicted octanol–water partition coefficient (Wildman–Crippen LogP) is 4.53. The molecule has 0 spiro atoms. The Bertz CT molecular complexity index is 1070. The van der Waals surface area contributed by atoms with Crippen molar-refractivity contribution in [2.24, 2.45) is 0 Å². The van der Waals surface area contributed by atoms with Crippen molar-refractivity contribution in [3.8, 4) is 5.75 Å². The normalized spacial score (nSPS) is 13.7. The van der Waals surface area contributed by atoms with E-state index >= 15 is 0 Å². The molecule has 1 aromatic heterocycles. The highest BCUT2D eigenvalue weighted by atomic mass is 35.5. The second-order valence-electron chi connectivity index (χ2n) is 7.08. The van der Waals surface area contributed by atoms with Gasteiger partial charge in [0.05, 0.1) is 5.69 Å². The van der Waals surface area contributed by atoms with Crippen LogP contribution < -0.4 is 16.0 Å². The van der Waals surface area contributed by atoms with Gasteiger partial charge in [-0.05, 0) is 42.2 Å². The van der Waals surface area contributed by atoms with Gasteiger partial charge in [0.1, 0.15) is 12.3 Å². The second kappa shape index (κ2) is 8.46. The summed E-state index contributed by atoms with van der Waals surface area (Å²) in [5, 5.41) is 18.5. The monoisotopic (exact) mass is 450 g/mol. The van der Waals surface area contributed by atoms with Crippen LogP contribution in [0.4, 0.5) is 36.7 Å². The number of phenols is 1. The maximum absolute atomic E-state index is 12.7. The average Bonchev–Trinajstić information content (AvgIpc) is 3.11. The van der Waals surface area contributed by atoms with Crippen molar-refractivity contribution in [1.82, 2.24) is 15.0 Å². The lowest BCUT2D eigenvalue weighted by molar-refractivity contribution is -0.115. The van der Waals surface area contributed by atoms with Gasteiger partial charge in [0, 0.05) is 11.1 Å². The Balaban J connectivity index is 1.58. The molecule has 31 heavy (non-hydrogen) atoms. The minimum Gasteiger partial charge on any atom is -0.506 e. The highest BCUT2D eigenvalue weighted by Crippen LogP contribution is 2.29. The number of hydrogen-bond acceptors (Lipinski definition) is 7. The van der Waals surface area contributed by atoms with E-state index < -0.39 is 12.7 Å². The number of nitrogens with zero attached hydrogens (tertiary/aromatic N) is 3. The predicted molar refractivity (Wildman–Crippen MR) is 112 cm³/mol. The maximum atomic E-state index is 12.7. The number of hydrogen-bond donors (Lipinski definition) is 4. The molecule has 0 radical (unpaired) electrons. The molecule has 3 aromatic rings. The van der Waals surface area contributed by atoms with Crippen LogP contribution in [0, 0.1) is 0 Å². The fourth-order valence-corrected chi connectivity index (χ4v) is 3.50. The molecule has 7 nitrogen and oxygen atoms in total. The highest BCUT2D eigenvalue weighted by Gasteiger charge is 2.28. The van der Waals surface area contributed by atoms with Gasteiger partial charge in [0.15, 0.2) is 0 Å². The van der Waals surface area contributed by atoms with Crippen LogP contribution >= 0.6 is 11.6 Å². The Morgan fingerprint density at radius 3 is 2.29 bits per heavy atom. The SMILES string of the molecule is Oc1ccc(Cl)cc1Nc1nc(NCC(F)(F)F)nc(NC2Cc3ccccc3C2)n1. The molecule has 0 unspecified atom stereocenters. The molecule has 0 aliphatic heterocycles. The molecule has 0 saturated heterocycles. The first-order chi connectivity index (χ1) is 14.7. The van der Waals surface area contributed by atoms with Crippen LogP contribution in [-0.4, -0.2) is 38.8 Å². The van der Waals surface area contributed by atoms with Gasteiger partial charge >= 0.3 is 6.18 Å². The van der Waals surface area contributed by atoms with Crippen molar-refractivity contribution >= 4 is 35.1 Å². The highest BCUT2D eigenvalue weighted by molar-refractivity contribution is 6.30. The zero-order valence-corrected chi connectivity index (χ0v) is 16.8. The Morgan fingerprint density at radius 2 is 1.61 bits per heavy atom. The molecule has 4 N–H and O–H groups in total. The van der Waals surface area contributed by atoms with Gasteiger partial charge in [-0.25, -0.2) is 0 Å². The first-order valence-corrected chi connectivity index (χ1v) is 9.78. The third-order valence-electron chi connectivity index (χ3n) is 4.67. The van der Waals surface area contributed by atoms with Gasteiger partial charge in [-0.1, -0.05) is 35.9 Å². The molecule has 0 amide bonds. The number of nitrogens with one attached hydrogen (secondary N) is 3. The molecule has 0 bridgehead atoms. The molecule has 2 aromatic carbocycles. The Hall–Kier alpha value is -3.27. The standard InChI is InChI=1S/C20H18ClF3N6O/c21-13-5-6-16(31)15(9-13)27-19-29-17(25-10-20(22,23)24)28-18(30-19)26-14-7-11-3-1-2-4-12(11)8-14/h1-6,9,14,31H,7-8,10H2,(H3,25,26,27,28,29,30). The summed E-state index contributed by atoms with van der Waals surface area (Å²) in [6.07, 6.45) is -2.96. The molecule has 1 aliphatic carbocycles. The number of anilines is 4. The number of aromatic hydroxyl groups is 1. The van der Waals surface area contributed by atoms with E-state index in [4.69, 9.17) is 11.6 Å². The summed E-state index contributed by atoms with van der Waals surface area (Å²) in [6, 6.07) is 12.3. The summed E-state index contributed by atoms with van der Waals surface area (Å²) >= 11 is 5.95. The van der Waals surface area contributed by atoms with Gasteiger partial charge in [0.2, 0.25) is 17.8 Å². The molecule has 4 rings (SSSR count). The first-order valence-electron chi connectivity index (χ1n) is 9.41. The van der Waals surface area contributed by atoms with Crippen LogP contribution in [0.5, 0.6) is 5.75 Å². The fraction of sp³-hybridized carbons (Fsp3) is 0.250. The van der Waals surface area contributed by atoms with E-state index in [1.54, 1.807) is 0 Å². The lowest BCUT2D eigenvalue weighted by atomic mass is 10.1. The molecule has 1 heterocycles. The number of aromatic nitrogens is 3. The van der Waals surface area contributed by atoms with E-state index in [0.717, 1.165) is 12.8 Å². The van der Waals surface area contributed by atoms with E-state index in [9.17, 15) is 18.3 Å². The Morgan fingerprint density at radius 1 is 0.968 bits per heavy atom. The number of fused-ring (bicyclic) bond motifs is 1. The molecular formula is C20H18ClF3N6O. The molecular weight excluding hydrogens is 433 g/mol. The van der Waals surface area contributed by atoms with Gasteiger partial charge in [-0.2, -0.15) is 28.1 Å². The maximum Gasteiger partial charge on any atom is 0.405 e. The number of benzene rings is 2. The van der Waals surface area contributed by atoms with Gasteiger partial charge in [-0.15, -0.1) is 0 Å². The van der Waals surface area contributed by atoms with Gasteiger partial charge < -0.3 is 21.1 Å². The lowest BCUT2D eigenvalue weighted by Gasteiger charge is -2.15. The van der Waals surface area contributed by atoms with Crippen molar-refractivity contribution in [3.05, 3.63) is 58.6 Å². The van der Waals surface area contributed by atoms with Crippen LogP contribution in [0.3, 0.4) is 0 Å². The summed E-state index contributed by atoms with van der Waals surface area (Å²) in [7, 11) is 0. The molecule has 1 aliphatic rings. The summed E-state index contributed by atoms with van der Waals surface area (Å²) in [4.78, 5) is 12.3. The smallest absolute Gasteiger partial charge is 0.405 e. The first kappa shape index (κ1) is 21.0. The summed E-state index contributed by atoms with van der Waals surface area (Å²) in [5.41, 5.74) is 2.61. The third-order valence-corrected chi connectivity index (χ3v) is 4.91. The van der Waals surface area contributed by atoms with E-state index in [-0.39, 0.29) is 35.3 Å².